The van der Waals surface area contributed by atoms with Crippen LogP contribution in [0.5, 0.6) is 17.2 Å². The number of carbonyl (C=O) groups excluding carboxylic acids is 1. The molecular weight excluding hydrogens is 356 g/mol. The summed E-state index contributed by atoms with van der Waals surface area (Å²) in [6.07, 6.45) is 10.5. The van der Waals surface area contributed by atoms with E-state index in [2.05, 4.69) is 24.3 Å². The molecule has 0 radical (unpaired) electrons. The largest absolute Gasteiger partial charge is 0.496 e. The topological polar surface area (TPSA) is 60.0 Å². The van der Waals surface area contributed by atoms with E-state index in [9.17, 15) is 4.79 Å². The van der Waals surface area contributed by atoms with Gasteiger partial charge in [0.25, 0.3) is 0 Å². The van der Waals surface area contributed by atoms with E-state index >= 15 is 0 Å². The summed E-state index contributed by atoms with van der Waals surface area (Å²) >= 11 is 0. The Balaban J connectivity index is 2.08. The van der Waals surface area contributed by atoms with Crippen molar-refractivity contribution >= 4 is 12.0 Å². The number of nitrogens with one attached hydrogen (secondary N) is 1. The molecule has 1 N–H and O–H groups in total. The summed E-state index contributed by atoms with van der Waals surface area (Å²) in [7, 11) is 8.97. The van der Waals surface area contributed by atoms with Gasteiger partial charge in [-0.1, -0.05) is 25.7 Å². The van der Waals surface area contributed by atoms with Crippen LogP contribution in [0.15, 0.2) is 18.2 Å². The van der Waals surface area contributed by atoms with Crippen LogP contribution in [0.1, 0.15) is 44.1 Å². The van der Waals surface area contributed by atoms with Gasteiger partial charge in [-0.25, -0.2) is 0 Å². The molecule has 0 heterocycles. The van der Waals surface area contributed by atoms with Gasteiger partial charge in [-0.3, -0.25) is 4.79 Å². The first kappa shape index (κ1) is 22.1. The monoisotopic (exact) mass is 390 g/mol. The molecule has 0 spiro atoms. The molecule has 2 rings (SSSR count). The average Bonchev–Trinajstić information content (AvgIpc) is 2.96. The Morgan fingerprint density at radius 1 is 1.00 bits per heavy atom. The highest BCUT2D eigenvalue weighted by atomic mass is 16.5. The smallest absolute Gasteiger partial charge is 0.244 e. The molecule has 156 valence electrons. The first-order valence-corrected chi connectivity index (χ1v) is 9.89. The molecule has 1 aliphatic rings. The zero-order valence-corrected chi connectivity index (χ0v) is 17.8. The highest BCUT2D eigenvalue weighted by Crippen LogP contribution is 2.35. The summed E-state index contributed by atoms with van der Waals surface area (Å²) in [6.45, 7) is 0.659. The number of likely N-dealkylation sites (N-methyl/N-ethyl adjacent to an activating group) is 1. The van der Waals surface area contributed by atoms with E-state index in [0.717, 1.165) is 18.4 Å². The normalized spacial score (nSPS) is 16.6. The molecule has 1 aromatic rings. The predicted octanol–water partition coefficient (Wildman–Crippen LogP) is 3.50. The quantitative estimate of drug-likeness (QED) is 0.544. The number of carbonyl (C=O) groups is 1. The molecule has 1 amide bonds. The van der Waals surface area contributed by atoms with E-state index < -0.39 is 0 Å². The van der Waals surface area contributed by atoms with Gasteiger partial charge >= 0.3 is 0 Å². The molecule has 0 unspecified atom stereocenters. The zero-order valence-electron chi connectivity index (χ0n) is 17.8. The van der Waals surface area contributed by atoms with Crippen molar-refractivity contribution in [2.24, 2.45) is 0 Å². The van der Waals surface area contributed by atoms with Crippen LogP contribution < -0.4 is 19.5 Å². The Hall–Kier alpha value is -2.21. The minimum atomic E-state index is -0.109. The summed E-state index contributed by atoms with van der Waals surface area (Å²) in [5.41, 5.74) is 0.799. The third kappa shape index (κ3) is 5.41. The molecule has 28 heavy (non-hydrogen) atoms. The number of ether oxygens (including phenoxy) is 3. The molecule has 6 heteroatoms. The van der Waals surface area contributed by atoms with E-state index in [1.54, 1.807) is 45.6 Å². The Labute approximate surface area is 168 Å². The number of hydrogen-bond donors (Lipinski definition) is 1. The van der Waals surface area contributed by atoms with Crippen LogP contribution in [0.4, 0.5) is 0 Å². The number of nitrogens with zero attached hydrogens (tertiary/aromatic N) is 1. The fourth-order valence-corrected chi connectivity index (χ4v) is 3.83. The van der Waals surface area contributed by atoms with Crippen LogP contribution in [-0.2, 0) is 4.79 Å². The molecule has 1 fully saturated rings. The molecular formula is C22H34N2O4. The lowest BCUT2D eigenvalue weighted by Crippen LogP contribution is -2.52. The molecule has 0 saturated heterocycles. The lowest BCUT2D eigenvalue weighted by atomic mass is 9.88. The summed E-state index contributed by atoms with van der Waals surface area (Å²) in [5, 5.41) is 3.10. The summed E-state index contributed by atoms with van der Waals surface area (Å²) in [4.78, 5) is 14.8. The minimum Gasteiger partial charge on any atom is -0.496 e. The van der Waals surface area contributed by atoms with Crippen LogP contribution in [0, 0.1) is 0 Å². The third-order valence-electron chi connectivity index (χ3n) is 5.72. The van der Waals surface area contributed by atoms with Gasteiger partial charge in [-0.2, -0.15) is 0 Å². The number of rotatable bonds is 8. The minimum absolute atomic E-state index is 0.0427. The first-order chi connectivity index (χ1) is 13.5. The van der Waals surface area contributed by atoms with Gasteiger partial charge in [0.1, 0.15) is 5.75 Å². The van der Waals surface area contributed by atoms with Crippen molar-refractivity contribution < 1.29 is 19.0 Å². The maximum absolute atomic E-state index is 12.5. The number of methoxy groups -OCH3 is 3. The van der Waals surface area contributed by atoms with Crippen LogP contribution in [0.2, 0.25) is 0 Å². The van der Waals surface area contributed by atoms with Crippen molar-refractivity contribution in [1.82, 2.24) is 10.2 Å². The van der Waals surface area contributed by atoms with Gasteiger partial charge in [0.05, 0.1) is 21.3 Å². The second-order valence-electron chi connectivity index (χ2n) is 7.53. The molecule has 0 aliphatic heterocycles. The van der Waals surface area contributed by atoms with Gasteiger partial charge in [0, 0.05) is 29.8 Å². The molecule has 1 aliphatic carbocycles. The van der Waals surface area contributed by atoms with E-state index in [1.807, 2.05) is 0 Å². The maximum atomic E-state index is 12.5. The summed E-state index contributed by atoms with van der Waals surface area (Å²) < 4.78 is 16.0. The van der Waals surface area contributed by atoms with Crippen LogP contribution in [0.25, 0.3) is 6.08 Å². The summed E-state index contributed by atoms with van der Waals surface area (Å²) in [6, 6.07) is 3.55. The van der Waals surface area contributed by atoms with Crippen molar-refractivity contribution in [3.05, 3.63) is 23.8 Å². The van der Waals surface area contributed by atoms with Crippen molar-refractivity contribution in [3.8, 4) is 17.2 Å². The highest BCUT2D eigenvalue weighted by molar-refractivity contribution is 5.92. The number of amides is 1. The average molecular weight is 391 g/mol. The molecule has 0 bridgehead atoms. The Morgan fingerprint density at radius 3 is 2.11 bits per heavy atom. The number of benzene rings is 1. The Morgan fingerprint density at radius 2 is 1.57 bits per heavy atom. The van der Waals surface area contributed by atoms with Gasteiger partial charge in [-0.15, -0.1) is 0 Å². The van der Waals surface area contributed by atoms with Crippen molar-refractivity contribution in [2.45, 2.75) is 44.1 Å². The van der Waals surface area contributed by atoms with Gasteiger partial charge < -0.3 is 24.4 Å². The van der Waals surface area contributed by atoms with Crippen LogP contribution in [0.3, 0.4) is 0 Å². The second-order valence-corrected chi connectivity index (χ2v) is 7.53. The standard InChI is InChI=1S/C22H34N2O4/c1-24(2)22(12-8-6-7-9-13-22)16-23-21(25)11-10-17-14-19(27-4)20(28-5)15-18(17)26-3/h10-11,14-15H,6-9,12-13,16H2,1-5H3,(H,23,25)/b11-10+. The number of hydrogen-bond acceptors (Lipinski definition) is 5. The van der Waals surface area contributed by atoms with E-state index in [1.165, 1.54) is 25.7 Å². The van der Waals surface area contributed by atoms with Gasteiger partial charge in [-0.05, 0) is 39.1 Å². The first-order valence-electron chi connectivity index (χ1n) is 9.89. The van der Waals surface area contributed by atoms with Gasteiger partial charge in [0.2, 0.25) is 5.91 Å². The molecule has 0 atom stereocenters. The van der Waals surface area contributed by atoms with Crippen molar-refractivity contribution in [2.75, 3.05) is 42.0 Å². The second kappa shape index (κ2) is 10.4. The summed E-state index contributed by atoms with van der Waals surface area (Å²) in [5.74, 6) is 1.69. The predicted molar refractivity (Wildman–Crippen MR) is 112 cm³/mol. The maximum Gasteiger partial charge on any atom is 0.244 e. The van der Waals surface area contributed by atoms with Crippen LogP contribution >= 0.6 is 0 Å². The van der Waals surface area contributed by atoms with E-state index in [0.29, 0.717) is 23.8 Å². The fourth-order valence-electron chi connectivity index (χ4n) is 3.83. The molecule has 0 aromatic heterocycles. The highest BCUT2D eigenvalue weighted by Gasteiger charge is 2.33. The molecule has 1 saturated carbocycles. The zero-order chi connectivity index (χ0) is 20.6. The van der Waals surface area contributed by atoms with Crippen molar-refractivity contribution in [3.63, 3.8) is 0 Å². The third-order valence-corrected chi connectivity index (χ3v) is 5.72. The molecule has 6 nitrogen and oxygen atoms in total. The Kier molecular flexibility index (Phi) is 8.18. The van der Waals surface area contributed by atoms with Crippen molar-refractivity contribution in [1.29, 1.82) is 0 Å². The SMILES string of the molecule is COc1cc(OC)c(OC)cc1/C=C/C(=O)NCC1(N(C)C)CCCCCC1. The van der Waals surface area contributed by atoms with Crippen LogP contribution in [-0.4, -0.2) is 58.3 Å². The lowest BCUT2D eigenvalue weighted by Gasteiger charge is -2.39. The van der Waals surface area contributed by atoms with E-state index in [-0.39, 0.29) is 11.4 Å². The molecule has 1 aromatic carbocycles. The van der Waals surface area contributed by atoms with Gasteiger partial charge in [0.15, 0.2) is 11.5 Å². The Bertz CT molecular complexity index is 677. The fraction of sp³-hybridized carbons (Fsp3) is 0.591. The lowest BCUT2D eigenvalue weighted by molar-refractivity contribution is -0.117. The van der Waals surface area contributed by atoms with E-state index in [4.69, 9.17) is 14.2 Å².